The summed E-state index contributed by atoms with van der Waals surface area (Å²) in [7, 11) is 0. The molecule has 0 atom stereocenters. The molecule has 5 aromatic carbocycles. The van der Waals surface area contributed by atoms with Gasteiger partial charge in [0.05, 0.1) is 17.7 Å². The van der Waals surface area contributed by atoms with Gasteiger partial charge in [0, 0.05) is 63.2 Å². The van der Waals surface area contributed by atoms with Gasteiger partial charge in [-0.2, -0.15) is 0 Å². The maximum Gasteiger partial charge on any atom is 0.137 e. The predicted molar refractivity (Wildman–Crippen MR) is 282 cm³/mol. The van der Waals surface area contributed by atoms with Crippen LogP contribution in [-0.4, -0.2) is 16.2 Å². The maximum atomic E-state index is 7.04. The molecule has 0 fully saturated rings. The van der Waals surface area contributed by atoms with Crippen molar-refractivity contribution >= 4 is 33.2 Å². The quantitative estimate of drug-likeness (QED) is 0.160. The fraction of sp³-hybridized carbons (Fsp3) is 0.393. The molecule has 0 unspecified atom stereocenters. The summed E-state index contributed by atoms with van der Waals surface area (Å²) in [5.74, 6) is 2.49. The second-order valence-corrected chi connectivity index (χ2v) is 24.5. The molecule has 66 heavy (non-hydrogen) atoms. The summed E-state index contributed by atoms with van der Waals surface area (Å²) in [5.41, 5.74) is 13.1. The van der Waals surface area contributed by atoms with Crippen molar-refractivity contribution in [2.75, 3.05) is 16.5 Å². The van der Waals surface area contributed by atoms with Crippen molar-refractivity contribution in [2.45, 2.75) is 145 Å². The molecule has 0 saturated carbocycles. The van der Waals surface area contributed by atoms with Gasteiger partial charge in [0.1, 0.15) is 17.3 Å². The summed E-state index contributed by atoms with van der Waals surface area (Å²) in [5, 5.41) is 2.36. The van der Waals surface area contributed by atoms with Gasteiger partial charge in [-0.1, -0.05) is 160 Å². The molecule has 2 aromatic heterocycles. The first-order chi connectivity index (χ1) is 30.6. The predicted octanol–water partition coefficient (Wildman–Crippen LogP) is 16.7. The molecule has 0 N–H and O–H groups in total. The number of nitrogens with zero attached hydrogens (tertiary/aromatic N) is 4. The number of rotatable bonds is 7. The van der Waals surface area contributed by atoms with Crippen molar-refractivity contribution < 1.29 is 4.74 Å². The molecule has 0 amide bonds. The SMILES string of the molecule is CC(C)(C)C1=CN(c2cc(Oc3ccc4c5cc(C(C)(C)c6ccccc6)ccc5n(-c5cc(C(C)(C)C)ccn5)c4c3)cc(C(C)(C)C)c2)CN1c1cc(C(C)(C)C)cc(C(C)(C)C)c1. The minimum Gasteiger partial charge on any atom is -0.457 e. The maximum absolute atomic E-state index is 7.04. The Morgan fingerprint density at radius 1 is 0.439 bits per heavy atom. The van der Waals surface area contributed by atoms with E-state index >= 15 is 0 Å². The van der Waals surface area contributed by atoms with E-state index in [4.69, 9.17) is 9.72 Å². The van der Waals surface area contributed by atoms with Crippen LogP contribution in [0.5, 0.6) is 11.5 Å². The highest BCUT2D eigenvalue weighted by Gasteiger charge is 2.34. The lowest BCUT2D eigenvalue weighted by molar-refractivity contribution is 0.479. The Kier molecular flexibility index (Phi) is 11.5. The van der Waals surface area contributed by atoms with Crippen molar-refractivity contribution in [3.8, 4) is 17.3 Å². The average Bonchev–Trinajstić information content (AvgIpc) is 3.83. The fourth-order valence-corrected chi connectivity index (χ4v) is 9.20. The number of aromatic nitrogens is 2. The smallest absolute Gasteiger partial charge is 0.137 e. The van der Waals surface area contributed by atoms with E-state index in [9.17, 15) is 0 Å². The first-order valence-electron chi connectivity index (χ1n) is 24.0. The third kappa shape index (κ3) is 9.15. The van der Waals surface area contributed by atoms with E-state index in [1.54, 1.807) is 0 Å². The second-order valence-electron chi connectivity index (χ2n) is 24.5. The van der Waals surface area contributed by atoms with E-state index in [1.165, 1.54) is 50.2 Å². The summed E-state index contributed by atoms with van der Waals surface area (Å²) in [6, 6.07) is 42.7. The van der Waals surface area contributed by atoms with Crippen LogP contribution in [0, 0.1) is 5.41 Å². The van der Waals surface area contributed by atoms with Crippen molar-refractivity contribution in [2.24, 2.45) is 5.41 Å². The van der Waals surface area contributed by atoms with Gasteiger partial charge in [0.2, 0.25) is 0 Å². The van der Waals surface area contributed by atoms with Gasteiger partial charge in [-0.25, -0.2) is 4.98 Å². The largest absolute Gasteiger partial charge is 0.457 e. The Balaban J connectivity index is 1.24. The summed E-state index contributed by atoms with van der Waals surface area (Å²) in [4.78, 5) is 9.95. The molecular formula is C61H74N4O. The zero-order valence-corrected chi connectivity index (χ0v) is 43.0. The second kappa shape index (κ2) is 16.2. The Morgan fingerprint density at radius 2 is 1.05 bits per heavy atom. The topological polar surface area (TPSA) is 33.5 Å². The molecule has 1 aliphatic rings. The number of benzene rings is 5. The van der Waals surface area contributed by atoms with Crippen molar-refractivity contribution in [3.63, 3.8) is 0 Å². The zero-order chi connectivity index (χ0) is 47.9. The Morgan fingerprint density at radius 3 is 1.65 bits per heavy atom. The zero-order valence-electron chi connectivity index (χ0n) is 43.0. The number of ether oxygens (including phenoxy) is 1. The number of hydrogen-bond donors (Lipinski definition) is 0. The van der Waals surface area contributed by atoms with E-state index in [2.05, 4.69) is 254 Å². The van der Waals surface area contributed by atoms with Crippen LogP contribution >= 0.6 is 0 Å². The van der Waals surface area contributed by atoms with Crippen LogP contribution < -0.4 is 14.5 Å². The molecule has 3 heterocycles. The average molecular weight is 879 g/mol. The van der Waals surface area contributed by atoms with Gasteiger partial charge in [-0.3, -0.25) is 4.57 Å². The van der Waals surface area contributed by atoms with Crippen LogP contribution in [0.2, 0.25) is 0 Å². The molecule has 344 valence electrons. The lowest BCUT2D eigenvalue weighted by Crippen LogP contribution is -2.31. The van der Waals surface area contributed by atoms with Crippen LogP contribution in [0.25, 0.3) is 27.6 Å². The third-order valence-electron chi connectivity index (χ3n) is 13.7. The summed E-state index contributed by atoms with van der Waals surface area (Å²) in [6.07, 6.45) is 4.31. The van der Waals surface area contributed by atoms with Crippen LogP contribution in [0.3, 0.4) is 0 Å². The number of hydrogen-bond acceptors (Lipinski definition) is 4. The van der Waals surface area contributed by atoms with Gasteiger partial charge >= 0.3 is 0 Å². The van der Waals surface area contributed by atoms with Gasteiger partial charge in [0.25, 0.3) is 0 Å². The molecule has 8 rings (SSSR count). The third-order valence-corrected chi connectivity index (χ3v) is 13.7. The molecule has 5 heteroatoms. The number of allylic oxidation sites excluding steroid dienone is 1. The molecule has 5 nitrogen and oxygen atoms in total. The number of fused-ring (bicyclic) bond motifs is 3. The van der Waals surface area contributed by atoms with E-state index < -0.39 is 0 Å². The van der Waals surface area contributed by atoms with E-state index in [-0.39, 0.29) is 32.5 Å². The van der Waals surface area contributed by atoms with Gasteiger partial charge in [-0.15, -0.1) is 0 Å². The summed E-state index contributed by atoms with van der Waals surface area (Å²) < 4.78 is 9.36. The van der Waals surface area contributed by atoms with Crippen molar-refractivity contribution in [1.29, 1.82) is 0 Å². The lowest BCUT2D eigenvalue weighted by Gasteiger charge is -2.34. The van der Waals surface area contributed by atoms with Crippen molar-refractivity contribution in [1.82, 2.24) is 9.55 Å². The van der Waals surface area contributed by atoms with Gasteiger partial charge in [-0.05, 0) is 116 Å². The van der Waals surface area contributed by atoms with E-state index in [0.29, 0.717) is 6.67 Å². The van der Waals surface area contributed by atoms with Crippen LogP contribution in [0.1, 0.15) is 151 Å². The van der Waals surface area contributed by atoms with Crippen LogP contribution in [-0.2, 0) is 27.1 Å². The number of pyridine rings is 1. The Labute approximate surface area is 396 Å². The molecular weight excluding hydrogens is 805 g/mol. The monoisotopic (exact) mass is 879 g/mol. The summed E-state index contributed by atoms with van der Waals surface area (Å²) >= 11 is 0. The standard InChI is InChI=1S/C61H74N4O/c1-56(2,3)41-27-28-62-55(35-41)65-52-26-23-42(61(16,17)40-21-19-18-20-22-40)34-51(52)50-25-24-48(37-53(50)65)66-49-33-45(59(10,11)12)30-46(36-49)63-38-54(60(13,14)15)64(39-63)47-31-43(57(4,5)6)29-44(32-47)58(7,8)9/h18-38H,39H2,1-17H3. The Hall–Kier alpha value is -5.81. The normalized spacial score (nSPS) is 14.4. The minimum absolute atomic E-state index is 0.0148. The van der Waals surface area contributed by atoms with Gasteiger partial charge < -0.3 is 14.5 Å². The Bertz CT molecular complexity index is 2930. The molecule has 0 bridgehead atoms. The molecule has 0 aliphatic carbocycles. The van der Waals surface area contributed by atoms with E-state index in [0.717, 1.165) is 39.4 Å². The molecule has 1 aliphatic heterocycles. The highest BCUT2D eigenvalue weighted by atomic mass is 16.5. The fourth-order valence-electron chi connectivity index (χ4n) is 9.20. The molecule has 0 saturated heterocycles. The first kappa shape index (κ1) is 46.7. The molecule has 7 aromatic rings. The van der Waals surface area contributed by atoms with Crippen LogP contribution in [0.4, 0.5) is 11.4 Å². The highest BCUT2D eigenvalue weighted by molar-refractivity contribution is 6.10. The lowest BCUT2D eigenvalue weighted by atomic mass is 9.78. The highest BCUT2D eigenvalue weighted by Crippen LogP contribution is 2.44. The first-order valence-corrected chi connectivity index (χ1v) is 24.0. The molecule has 0 spiro atoms. The minimum atomic E-state index is -0.186. The van der Waals surface area contributed by atoms with Gasteiger partial charge in [0.15, 0.2) is 0 Å². The van der Waals surface area contributed by atoms with E-state index in [1.807, 2.05) is 6.20 Å². The van der Waals surface area contributed by atoms with Crippen molar-refractivity contribution in [3.05, 3.63) is 167 Å². The summed E-state index contributed by atoms with van der Waals surface area (Å²) in [6.45, 7) is 39.8. The van der Waals surface area contributed by atoms with Crippen LogP contribution in [0.15, 0.2) is 133 Å². The molecule has 0 radical (unpaired) electrons. The number of anilines is 2.